The summed E-state index contributed by atoms with van der Waals surface area (Å²) in [5, 5.41) is 14.5. The lowest BCUT2D eigenvalue weighted by Crippen LogP contribution is -2.27. The summed E-state index contributed by atoms with van der Waals surface area (Å²) >= 11 is 2.72. The molecule has 154 valence electrons. The molecule has 0 aliphatic heterocycles. The fourth-order valence-corrected chi connectivity index (χ4v) is 4.75. The van der Waals surface area contributed by atoms with Gasteiger partial charge in [0.1, 0.15) is 5.69 Å². The average Bonchev–Trinajstić information content (AvgIpc) is 3.19. The molecular formula is C19H24N6O2S2. The Kier molecular flexibility index (Phi) is 6.43. The van der Waals surface area contributed by atoms with Gasteiger partial charge in [-0.3, -0.25) is 14.3 Å². The first-order valence-electron chi connectivity index (χ1n) is 9.19. The fraction of sp³-hybridized carbons (Fsp3) is 0.368. The van der Waals surface area contributed by atoms with E-state index in [2.05, 4.69) is 20.8 Å². The molecule has 1 atom stereocenters. The van der Waals surface area contributed by atoms with Gasteiger partial charge in [0.15, 0.2) is 4.34 Å². The van der Waals surface area contributed by atoms with Gasteiger partial charge < -0.3 is 10.6 Å². The van der Waals surface area contributed by atoms with Crippen molar-refractivity contribution in [2.75, 3.05) is 10.6 Å². The third kappa shape index (κ3) is 4.70. The van der Waals surface area contributed by atoms with Crippen molar-refractivity contribution in [1.82, 2.24) is 19.6 Å². The number of hydrogen-bond donors (Lipinski definition) is 2. The number of anilines is 2. The SMILES string of the molecule is Cc1c(NC(=O)C(C)Sc2nnc(NC(C)C)s2)c(=O)n(-c2ccccc2)n1C. The van der Waals surface area contributed by atoms with Crippen LogP contribution >= 0.6 is 23.1 Å². The summed E-state index contributed by atoms with van der Waals surface area (Å²) < 4.78 is 3.97. The lowest BCUT2D eigenvalue weighted by Gasteiger charge is -2.09. The Balaban J connectivity index is 1.75. The summed E-state index contributed by atoms with van der Waals surface area (Å²) in [5.41, 5.74) is 1.45. The van der Waals surface area contributed by atoms with Crippen molar-refractivity contribution in [2.24, 2.45) is 7.05 Å². The molecule has 2 aromatic heterocycles. The Morgan fingerprint density at radius 1 is 1.17 bits per heavy atom. The van der Waals surface area contributed by atoms with Crippen LogP contribution in [0.4, 0.5) is 10.8 Å². The third-order valence-electron chi connectivity index (χ3n) is 4.27. The maximum atomic E-state index is 12.9. The van der Waals surface area contributed by atoms with Gasteiger partial charge in [-0.15, -0.1) is 10.2 Å². The van der Waals surface area contributed by atoms with Crippen LogP contribution in [0.25, 0.3) is 5.69 Å². The van der Waals surface area contributed by atoms with E-state index in [1.807, 2.05) is 51.1 Å². The van der Waals surface area contributed by atoms with Crippen molar-refractivity contribution < 1.29 is 4.79 Å². The van der Waals surface area contributed by atoms with E-state index < -0.39 is 5.25 Å². The van der Waals surface area contributed by atoms with E-state index >= 15 is 0 Å². The molecule has 0 fully saturated rings. The van der Waals surface area contributed by atoms with Crippen molar-refractivity contribution in [3.63, 3.8) is 0 Å². The first-order valence-corrected chi connectivity index (χ1v) is 10.9. The predicted octanol–water partition coefficient (Wildman–Crippen LogP) is 3.28. The number of hydrogen-bond acceptors (Lipinski definition) is 7. The maximum Gasteiger partial charge on any atom is 0.295 e. The number of nitrogens with zero attached hydrogens (tertiary/aromatic N) is 4. The highest BCUT2D eigenvalue weighted by atomic mass is 32.2. The molecule has 0 aliphatic carbocycles. The van der Waals surface area contributed by atoms with Crippen LogP contribution < -0.4 is 16.2 Å². The molecule has 10 heteroatoms. The summed E-state index contributed by atoms with van der Waals surface area (Å²) in [7, 11) is 1.79. The van der Waals surface area contributed by atoms with Gasteiger partial charge in [-0.2, -0.15) is 0 Å². The zero-order valence-electron chi connectivity index (χ0n) is 17.0. The molecule has 0 bridgehead atoms. The minimum Gasteiger partial charge on any atom is -0.358 e. The molecule has 0 spiro atoms. The number of carbonyl (C=O) groups is 1. The van der Waals surface area contributed by atoms with Crippen LogP contribution in [-0.4, -0.2) is 36.8 Å². The first-order chi connectivity index (χ1) is 13.8. The van der Waals surface area contributed by atoms with Gasteiger partial charge in [-0.25, -0.2) is 4.68 Å². The van der Waals surface area contributed by atoms with Crippen LogP contribution in [0.5, 0.6) is 0 Å². The first kappa shape index (κ1) is 21.1. The highest BCUT2D eigenvalue weighted by molar-refractivity contribution is 8.02. The molecule has 0 saturated carbocycles. The van der Waals surface area contributed by atoms with Crippen LogP contribution in [0, 0.1) is 6.92 Å². The van der Waals surface area contributed by atoms with Gasteiger partial charge in [0.2, 0.25) is 11.0 Å². The highest BCUT2D eigenvalue weighted by Gasteiger charge is 2.22. The Labute approximate surface area is 177 Å². The van der Waals surface area contributed by atoms with E-state index in [1.54, 1.807) is 18.7 Å². The largest absolute Gasteiger partial charge is 0.358 e. The van der Waals surface area contributed by atoms with Gasteiger partial charge in [-0.1, -0.05) is 41.3 Å². The molecule has 0 aliphatic rings. The summed E-state index contributed by atoms with van der Waals surface area (Å²) in [6.45, 7) is 7.64. The number of carbonyl (C=O) groups excluding carboxylic acids is 1. The molecule has 2 heterocycles. The van der Waals surface area contributed by atoms with Gasteiger partial charge in [0, 0.05) is 13.1 Å². The minimum atomic E-state index is -0.431. The molecule has 0 saturated heterocycles. The average molecular weight is 433 g/mol. The quantitative estimate of drug-likeness (QED) is 0.557. The van der Waals surface area contributed by atoms with Crippen LogP contribution in [0.1, 0.15) is 26.5 Å². The van der Waals surface area contributed by atoms with E-state index in [0.717, 1.165) is 10.8 Å². The lowest BCUT2D eigenvalue weighted by molar-refractivity contribution is -0.115. The van der Waals surface area contributed by atoms with Crippen LogP contribution in [0.2, 0.25) is 0 Å². The van der Waals surface area contributed by atoms with Crippen molar-refractivity contribution in [3.05, 3.63) is 46.4 Å². The minimum absolute atomic E-state index is 0.255. The molecular weight excluding hydrogens is 408 g/mol. The summed E-state index contributed by atoms with van der Waals surface area (Å²) in [4.78, 5) is 25.6. The van der Waals surface area contributed by atoms with E-state index in [0.29, 0.717) is 10.0 Å². The molecule has 29 heavy (non-hydrogen) atoms. The molecule has 1 amide bonds. The van der Waals surface area contributed by atoms with Crippen molar-refractivity contribution >= 4 is 39.8 Å². The zero-order chi connectivity index (χ0) is 21.1. The second-order valence-electron chi connectivity index (χ2n) is 6.86. The second-order valence-corrected chi connectivity index (χ2v) is 9.42. The van der Waals surface area contributed by atoms with Crippen molar-refractivity contribution in [3.8, 4) is 5.69 Å². The summed E-state index contributed by atoms with van der Waals surface area (Å²) in [6, 6.07) is 9.58. The molecule has 3 aromatic rings. The van der Waals surface area contributed by atoms with E-state index in [-0.39, 0.29) is 23.2 Å². The second kappa shape index (κ2) is 8.83. The summed E-state index contributed by atoms with van der Waals surface area (Å²) in [5.74, 6) is -0.255. The number of aromatic nitrogens is 4. The lowest BCUT2D eigenvalue weighted by atomic mass is 10.3. The van der Waals surface area contributed by atoms with Crippen LogP contribution in [0.3, 0.4) is 0 Å². The molecule has 8 nitrogen and oxygen atoms in total. The topological polar surface area (TPSA) is 93.8 Å². The van der Waals surface area contributed by atoms with Gasteiger partial charge in [0.05, 0.1) is 16.6 Å². The number of nitrogens with one attached hydrogen (secondary N) is 2. The van der Waals surface area contributed by atoms with Gasteiger partial charge in [-0.05, 0) is 39.8 Å². The normalized spacial score (nSPS) is 12.2. The van der Waals surface area contributed by atoms with Crippen LogP contribution in [0.15, 0.2) is 39.5 Å². The number of thioether (sulfide) groups is 1. The van der Waals surface area contributed by atoms with E-state index in [9.17, 15) is 9.59 Å². The number of para-hydroxylation sites is 1. The smallest absolute Gasteiger partial charge is 0.295 e. The Bertz CT molecular complexity index is 1050. The third-order valence-corrected chi connectivity index (χ3v) is 6.31. The number of rotatable bonds is 7. The summed E-state index contributed by atoms with van der Waals surface area (Å²) in [6.07, 6.45) is 0. The number of amides is 1. The standard InChI is InChI=1S/C19H24N6O2S2/c1-11(2)20-18-22-23-19(29-18)28-13(4)16(26)21-15-12(3)24(5)25(17(15)27)14-9-7-6-8-10-14/h6-11,13H,1-5H3,(H,20,22)(H,21,26). The Morgan fingerprint density at radius 2 is 1.86 bits per heavy atom. The number of benzene rings is 1. The van der Waals surface area contributed by atoms with Crippen molar-refractivity contribution in [2.45, 2.75) is 43.3 Å². The monoisotopic (exact) mass is 432 g/mol. The maximum absolute atomic E-state index is 12.9. The molecule has 0 radical (unpaired) electrons. The Morgan fingerprint density at radius 3 is 2.52 bits per heavy atom. The van der Waals surface area contributed by atoms with Gasteiger partial charge >= 0.3 is 0 Å². The van der Waals surface area contributed by atoms with Crippen molar-refractivity contribution in [1.29, 1.82) is 0 Å². The predicted molar refractivity (Wildman–Crippen MR) is 118 cm³/mol. The fourth-order valence-electron chi connectivity index (χ4n) is 2.70. The molecule has 3 rings (SSSR count). The van der Waals surface area contributed by atoms with Gasteiger partial charge in [0.25, 0.3) is 5.56 Å². The zero-order valence-corrected chi connectivity index (χ0v) is 18.6. The van der Waals surface area contributed by atoms with Crippen LogP contribution in [-0.2, 0) is 11.8 Å². The molecule has 1 aromatic carbocycles. The van der Waals surface area contributed by atoms with E-state index in [1.165, 1.54) is 27.8 Å². The van der Waals surface area contributed by atoms with E-state index in [4.69, 9.17) is 0 Å². The highest BCUT2D eigenvalue weighted by Crippen LogP contribution is 2.29. The molecule has 2 N–H and O–H groups in total. The molecule has 1 unspecified atom stereocenters. The Hall–Kier alpha value is -2.59.